The van der Waals surface area contributed by atoms with E-state index in [1.807, 2.05) is 24.3 Å². The van der Waals surface area contributed by atoms with Crippen molar-refractivity contribution in [2.75, 3.05) is 19.0 Å². The molecule has 0 aromatic heterocycles. The monoisotopic (exact) mass is 343 g/mol. The van der Waals surface area contributed by atoms with Gasteiger partial charge in [0.25, 0.3) is 0 Å². The van der Waals surface area contributed by atoms with Crippen molar-refractivity contribution in [1.29, 1.82) is 0 Å². The van der Waals surface area contributed by atoms with E-state index < -0.39 is 0 Å². The molecule has 1 aliphatic rings. The molecule has 0 N–H and O–H groups in total. The van der Waals surface area contributed by atoms with Gasteiger partial charge in [-0.05, 0) is 92.1 Å². The number of anilines is 2. The number of benzene rings is 2. The molecule has 132 valence electrons. The summed E-state index contributed by atoms with van der Waals surface area (Å²) in [6.45, 7) is 6.48. The lowest BCUT2D eigenvalue weighted by molar-refractivity contribution is 1.16. The zero-order chi connectivity index (χ0) is 18.7. The van der Waals surface area contributed by atoms with Crippen LogP contribution in [0.25, 0.3) is 0 Å². The Morgan fingerprint density at radius 3 is 1.92 bits per heavy atom. The normalized spacial score (nSPS) is 13.1. The van der Waals surface area contributed by atoms with Crippen molar-refractivity contribution in [2.45, 2.75) is 20.8 Å². The van der Waals surface area contributed by atoms with Gasteiger partial charge < -0.3 is 4.90 Å². The summed E-state index contributed by atoms with van der Waals surface area (Å²) in [5.41, 5.74) is 9.15. The van der Waals surface area contributed by atoms with Crippen molar-refractivity contribution in [3.63, 3.8) is 0 Å². The van der Waals surface area contributed by atoms with Crippen molar-refractivity contribution < 1.29 is 0 Å². The van der Waals surface area contributed by atoms with E-state index >= 15 is 0 Å². The molecule has 0 atom stereocenters. The summed E-state index contributed by atoms with van der Waals surface area (Å²) in [4.78, 5) is 11.0. The van der Waals surface area contributed by atoms with E-state index in [1.54, 1.807) is 7.05 Å². The quantitative estimate of drug-likeness (QED) is 0.662. The maximum Gasteiger partial charge on any atom is 0.0638 e. The van der Waals surface area contributed by atoms with Crippen LogP contribution in [0.3, 0.4) is 0 Å². The van der Waals surface area contributed by atoms with Gasteiger partial charge in [-0.1, -0.05) is 6.07 Å². The molecule has 3 heteroatoms. The van der Waals surface area contributed by atoms with E-state index in [0.29, 0.717) is 0 Å². The van der Waals surface area contributed by atoms with Gasteiger partial charge in [0.2, 0.25) is 0 Å². The molecule has 3 rings (SSSR count). The lowest BCUT2D eigenvalue weighted by Gasteiger charge is -2.23. The van der Waals surface area contributed by atoms with Gasteiger partial charge in [-0.3, -0.25) is 4.99 Å². The highest BCUT2D eigenvalue weighted by Gasteiger charge is 2.09. The largest absolute Gasteiger partial charge is 0.344 e. The van der Waals surface area contributed by atoms with E-state index in [4.69, 9.17) is 0 Å². The van der Waals surface area contributed by atoms with Crippen molar-refractivity contribution in [2.24, 2.45) is 9.98 Å². The lowest BCUT2D eigenvalue weighted by Crippen LogP contribution is -2.11. The second-order valence-corrected chi connectivity index (χ2v) is 6.65. The van der Waals surface area contributed by atoms with Gasteiger partial charge in [0.15, 0.2) is 0 Å². The second kappa shape index (κ2) is 7.52. The van der Waals surface area contributed by atoms with Crippen LogP contribution in [-0.2, 0) is 0 Å². The number of nitrogens with zero attached hydrogens (tertiary/aromatic N) is 3. The summed E-state index contributed by atoms with van der Waals surface area (Å²) < 4.78 is 0. The van der Waals surface area contributed by atoms with Crippen LogP contribution < -0.4 is 4.90 Å². The van der Waals surface area contributed by atoms with Crippen molar-refractivity contribution in [3.05, 3.63) is 77.4 Å². The molecule has 0 amide bonds. The fourth-order valence-electron chi connectivity index (χ4n) is 3.02. The summed E-state index contributed by atoms with van der Waals surface area (Å²) in [5, 5.41) is 0. The lowest BCUT2D eigenvalue weighted by atomic mass is 10.0. The minimum Gasteiger partial charge on any atom is -0.344 e. The Morgan fingerprint density at radius 1 is 0.731 bits per heavy atom. The van der Waals surface area contributed by atoms with Crippen LogP contribution >= 0.6 is 0 Å². The van der Waals surface area contributed by atoms with Gasteiger partial charge in [0.05, 0.1) is 17.1 Å². The number of rotatable bonds is 3. The van der Waals surface area contributed by atoms with Crippen LogP contribution in [-0.4, -0.2) is 25.5 Å². The first-order chi connectivity index (χ1) is 12.5. The predicted molar refractivity (Wildman–Crippen MR) is 114 cm³/mol. The average molecular weight is 343 g/mol. The van der Waals surface area contributed by atoms with Crippen molar-refractivity contribution in [1.82, 2.24) is 0 Å². The minimum absolute atomic E-state index is 0.934. The van der Waals surface area contributed by atoms with Gasteiger partial charge in [0.1, 0.15) is 0 Å². The van der Waals surface area contributed by atoms with Gasteiger partial charge in [-0.15, -0.1) is 0 Å². The molecule has 0 radical (unpaired) electrons. The molecule has 26 heavy (non-hydrogen) atoms. The van der Waals surface area contributed by atoms with E-state index in [0.717, 1.165) is 22.8 Å². The summed E-state index contributed by atoms with van der Waals surface area (Å²) in [5.74, 6) is 0. The summed E-state index contributed by atoms with van der Waals surface area (Å²) in [6, 6.07) is 12.8. The summed E-state index contributed by atoms with van der Waals surface area (Å²) in [6.07, 6.45) is 7.93. The number of hydrogen-bond donors (Lipinski definition) is 0. The number of aliphatic imine (C=N–C) groups is 2. The van der Waals surface area contributed by atoms with E-state index in [1.165, 1.54) is 22.4 Å². The third-order valence-electron chi connectivity index (χ3n) is 4.78. The van der Waals surface area contributed by atoms with Crippen LogP contribution in [0.2, 0.25) is 0 Å². The van der Waals surface area contributed by atoms with E-state index in [-0.39, 0.29) is 0 Å². The Bertz CT molecular complexity index is 911. The van der Waals surface area contributed by atoms with Crippen LogP contribution in [0.5, 0.6) is 0 Å². The zero-order valence-corrected chi connectivity index (χ0v) is 16.1. The highest BCUT2D eigenvalue weighted by Crippen LogP contribution is 2.30. The molecular formula is C23H25N3. The highest BCUT2D eigenvalue weighted by molar-refractivity contribution is 6.18. The molecule has 0 spiro atoms. The molecule has 0 unspecified atom stereocenters. The standard InChI is InChI=1S/C23H25N3/c1-16-14-18(3)23(15-17(16)2)26(5)22-12-10-21(11-13-22)25-20-8-6-19(24-4)7-9-20/h6-15H,1-5H3. The Balaban J connectivity index is 1.82. The summed E-state index contributed by atoms with van der Waals surface area (Å²) >= 11 is 0. The molecule has 0 aliphatic heterocycles. The maximum atomic E-state index is 4.67. The van der Waals surface area contributed by atoms with Gasteiger partial charge >= 0.3 is 0 Å². The first kappa shape index (κ1) is 17.9. The highest BCUT2D eigenvalue weighted by atomic mass is 15.1. The van der Waals surface area contributed by atoms with Crippen LogP contribution in [0.1, 0.15) is 16.7 Å². The maximum absolute atomic E-state index is 4.67. The Morgan fingerprint density at radius 2 is 1.31 bits per heavy atom. The Labute approximate surface area is 156 Å². The smallest absolute Gasteiger partial charge is 0.0638 e. The first-order valence-electron chi connectivity index (χ1n) is 8.81. The average Bonchev–Trinajstić information content (AvgIpc) is 2.65. The predicted octanol–water partition coefficient (Wildman–Crippen LogP) is 5.65. The fourth-order valence-corrected chi connectivity index (χ4v) is 3.02. The summed E-state index contributed by atoms with van der Waals surface area (Å²) in [7, 11) is 3.90. The molecule has 2 aromatic rings. The third-order valence-corrected chi connectivity index (χ3v) is 4.78. The molecule has 0 fully saturated rings. The van der Waals surface area contributed by atoms with Gasteiger partial charge in [0, 0.05) is 25.5 Å². The molecule has 3 nitrogen and oxygen atoms in total. The topological polar surface area (TPSA) is 28.0 Å². The molecule has 0 saturated heterocycles. The molecule has 1 aliphatic carbocycles. The second-order valence-electron chi connectivity index (χ2n) is 6.65. The zero-order valence-electron chi connectivity index (χ0n) is 16.1. The van der Waals surface area contributed by atoms with Crippen LogP contribution in [0, 0.1) is 20.8 Å². The van der Waals surface area contributed by atoms with E-state index in [9.17, 15) is 0 Å². The number of allylic oxidation sites excluding steroid dienone is 4. The molecule has 2 aromatic carbocycles. The molecule has 0 saturated carbocycles. The van der Waals surface area contributed by atoms with Crippen LogP contribution in [0.4, 0.5) is 17.1 Å². The first-order valence-corrected chi connectivity index (χ1v) is 8.81. The minimum atomic E-state index is 0.934. The third kappa shape index (κ3) is 3.83. The van der Waals surface area contributed by atoms with Gasteiger partial charge in [-0.2, -0.15) is 0 Å². The SMILES string of the molecule is CN=C1C=CC(=Nc2ccc(N(C)c3cc(C)c(C)cc3C)cc2)C=C1. The van der Waals surface area contributed by atoms with Crippen molar-refractivity contribution >= 4 is 28.5 Å². The van der Waals surface area contributed by atoms with Crippen molar-refractivity contribution in [3.8, 4) is 0 Å². The Kier molecular flexibility index (Phi) is 5.17. The molecule has 0 heterocycles. The van der Waals surface area contributed by atoms with Crippen LogP contribution in [0.15, 0.2) is 70.7 Å². The number of hydrogen-bond acceptors (Lipinski definition) is 3. The molecular weight excluding hydrogens is 318 g/mol. The number of aryl methyl sites for hydroxylation is 3. The van der Waals surface area contributed by atoms with E-state index in [2.05, 4.69) is 79.1 Å². The van der Waals surface area contributed by atoms with Gasteiger partial charge in [-0.25, -0.2) is 4.99 Å². The fraction of sp³-hybridized carbons (Fsp3) is 0.217. The molecule has 0 bridgehead atoms. The Hall–Kier alpha value is -2.94.